The number of rotatable bonds is 2. The van der Waals surface area contributed by atoms with E-state index in [1.54, 1.807) is 12.1 Å². The van der Waals surface area contributed by atoms with Gasteiger partial charge >= 0.3 is 5.97 Å². The molecule has 1 aliphatic heterocycles. The van der Waals surface area contributed by atoms with E-state index in [1.807, 2.05) is 6.92 Å². The largest absolute Gasteiger partial charge is 0.478 e. The lowest BCUT2D eigenvalue weighted by atomic mass is 10.1. The Balaban J connectivity index is 2.34. The van der Waals surface area contributed by atoms with E-state index in [0.717, 1.165) is 17.7 Å². The minimum Gasteiger partial charge on any atom is -0.478 e. The van der Waals surface area contributed by atoms with Crippen molar-refractivity contribution in [3.63, 3.8) is 0 Å². The maximum Gasteiger partial charge on any atom is 0.346 e. The summed E-state index contributed by atoms with van der Waals surface area (Å²) in [6.07, 6.45) is -0.0499. The van der Waals surface area contributed by atoms with Crippen molar-refractivity contribution in [2.24, 2.45) is 0 Å². The smallest absolute Gasteiger partial charge is 0.346 e. The van der Waals surface area contributed by atoms with Crippen molar-refractivity contribution < 1.29 is 14.6 Å². The lowest BCUT2D eigenvalue weighted by Gasteiger charge is -2.25. The molecule has 0 aromatic heterocycles. The molecule has 0 fully saturated rings. The van der Waals surface area contributed by atoms with Gasteiger partial charge in [-0.3, -0.25) is 0 Å². The van der Waals surface area contributed by atoms with E-state index in [9.17, 15) is 4.79 Å². The average Bonchev–Trinajstić information content (AvgIpc) is 2.27. The Labute approximate surface area is 98.2 Å². The highest BCUT2D eigenvalue weighted by Gasteiger charge is 2.25. The van der Waals surface area contributed by atoms with E-state index in [4.69, 9.17) is 21.4 Å². The van der Waals surface area contributed by atoms with Gasteiger partial charge in [0.1, 0.15) is 5.75 Å². The Hall–Kier alpha value is -1.42. The van der Waals surface area contributed by atoms with Crippen molar-refractivity contribution in [1.29, 1.82) is 0 Å². The average molecular weight is 242 g/mol. The summed E-state index contributed by atoms with van der Waals surface area (Å²) in [5, 5.41) is 12.5. The van der Waals surface area contributed by atoms with Crippen molar-refractivity contribution in [1.82, 2.24) is 0 Å². The van der Waals surface area contributed by atoms with Gasteiger partial charge in [0.05, 0.1) is 12.2 Å². The van der Waals surface area contributed by atoms with Crippen molar-refractivity contribution in [3.05, 3.63) is 22.7 Å². The fourth-order valence-electron chi connectivity index (χ4n) is 1.64. The highest BCUT2D eigenvalue weighted by molar-refractivity contribution is 6.31. The van der Waals surface area contributed by atoms with Crippen LogP contribution in [0.4, 0.5) is 5.69 Å². The van der Waals surface area contributed by atoms with Crippen LogP contribution in [0.15, 0.2) is 12.1 Å². The van der Waals surface area contributed by atoms with Gasteiger partial charge < -0.3 is 15.2 Å². The molecule has 0 bridgehead atoms. The number of benzene rings is 1. The van der Waals surface area contributed by atoms with Gasteiger partial charge in [-0.2, -0.15) is 0 Å². The maximum absolute atomic E-state index is 10.8. The van der Waals surface area contributed by atoms with Gasteiger partial charge in [-0.05, 0) is 24.1 Å². The lowest BCUT2D eigenvalue weighted by Crippen LogP contribution is -2.37. The molecule has 1 unspecified atom stereocenters. The number of aryl methyl sites for hydroxylation is 1. The second kappa shape index (κ2) is 4.22. The lowest BCUT2D eigenvalue weighted by molar-refractivity contribution is -0.144. The molecule has 1 aromatic rings. The fourth-order valence-corrected chi connectivity index (χ4v) is 1.93. The van der Waals surface area contributed by atoms with Gasteiger partial charge in [-0.1, -0.05) is 18.5 Å². The Morgan fingerprint density at radius 2 is 2.44 bits per heavy atom. The normalized spacial score (nSPS) is 18.2. The van der Waals surface area contributed by atoms with Gasteiger partial charge in [0.2, 0.25) is 6.10 Å². The van der Waals surface area contributed by atoms with Gasteiger partial charge in [0.15, 0.2) is 0 Å². The number of anilines is 1. The third kappa shape index (κ3) is 1.93. The molecule has 86 valence electrons. The maximum atomic E-state index is 10.8. The van der Waals surface area contributed by atoms with Crippen LogP contribution >= 0.6 is 11.6 Å². The van der Waals surface area contributed by atoms with Crippen molar-refractivity contribution >= 4 is 23.3 Å². The Morgan fingerprint density at radius 3 is 3.06 bits per heavy atom. The van der Waals surface area contributed by atoms with Gasteiger partial charge in [-0.15, -0.1) is 0 Å². The second-order valence-electron chi connectivity index (χ2n) is 3.62. The highest BCUT2D eigenvalue weighted by Crippen LogP contribution is 2.34. The number of nitrogens with one attached hydrogen (secondary N) is 1. The molecular weight excluding hydrogens is 230 g/mol. The van der Waals surface area contributed by atoms with Crippen molar-refractivity contribution in [2.75, 3.05) is 11.9 Å². The van der Waals surface area contributed by atoms with Crippen LogP contribution in [-0.4, -0.2) is 23.7 Å². The van der Waals surface area contributed by atoms with Crippen LogP contribution < -0.4 is 10.1 Å². The van der Waals surface area contributed by atoms with Crippen molar-refractivity contribution in [2.45, 2.75) is 19.4 Å². The van der Waals surface area contributed by atoms with Crippen LogP contribution in [0.1, 0.15) is 12.5 Å². The summed E-state index contributed by atoms with van der Waals surface area (Å²) in [6, 6.07) is 3.56. The number of hydrogen-bond acceptors (Lipinski definition) is 3. The van der Waals surface area contributed by atoms with Crippen LogP contribution in [0.25, 0.3) is 0 Å². The van der Waals surface area contributed by atoms with Crippen LogP contribution in [0, 0.1) is 0 Å². The molecule has 0 amide bonds. The monoisotopic (exact) mass is 241 g/mol. The Morgan fingerprint density at radius 1 is 1.69 bits per heavy atom. The van der Waals surface area contributed by atoms with E-state index in [0.29, 0.717) is 10.8 Å². The first kappa shape index (κ1) is 11.1. The number of carbonyl (C=O) groups is 1. The molecule has 2 rings (SSSR count). The molecule has 0 aliphatic carbocycles. The SMILES string of the molecule is CCc1cc2c(cc1Cl)NCC(C(=O)O)O2. The van der Waals surface area contributed by atoms with E-state index in [-0.39, 0.29) is 6.54 Å². The quantitative estimate of drug-likeness (QED) is 0.833. The van der Waals surface area contributed by atoms with Gasteiger partial charge in [-0.25, -0.2) is 4.79 Å². The van der Waals surface area contributed by atoms with E-state index >= 15 is 0 Å². The van der Waals surface area contributed by atoms with Crippen LogP contribution in [0.5, 0.6) is 5.75 Å². The fraction of sp³-hybridized carbons (Fsp3) is 0.364. The van der Waals surface area contributed by atoms with Gasteiger partial charge in [0, 0.05) is 5.02 Å². The summed E-state index contributed by atoms with van der Waals surface area (Å²) in [6.45, 7) is 2.24. The third-order valence-corrected chi connectivity index (χ3v) is 2.90. The number of hydrogen-bond donors (Lipinski definition) is 2. The molecule has 0 spiro atoms. The Bertz CT molecular complexity index is 433. The number of carboxylic acid groups (broad SMARTS) is 1. The molecule has 1 aliphatic rings. The summed E-state index contributed by atoms with van der Waals surface area (Å²) in [5.41, 5.74) is 1.70. The molecule has 2 N–H and O–H groups in total. The Kier molecular flexibility index (Phi) is 2.92. The summed E-state index contributed by atoms with van der Waals surface area (Å²) >= 11 is 6.05. The van der Waals surface area contributed by atoms with Crippen LogP contribution in [0.3, 0.4) is 0 Å². The summed E-state index contributed by atoms with van der Waals surface area (Å²) < 4.78 is 5.37. The van der Waals surface area contributed by atoms with Gasteiger partial charge in [0.25, 0.3) is 0 Å². The van der Waals surface area contributed by atoms with E-state index in [2.05, 4.69) is 5.32 Å². The number of halogens is 1. The molecule has 1 atom stereocenters. The van der Waals surface area contributed by atoms with E-state index < -0.39 is 12.1 Å². The first-order valence-corrected chi connectivity index (χ1v) is 5.45. The second-order valence-corrected chi connectivity index (χ2v) is 4.03. The summed E-state index contributed by atoms with van der Waals surface area (Å²) in [5.74, 6) is -0.411. The summed E-state index contributed by atoms with van der Waals surface area (Å²) in [4.78, 5) is 10.8. The van der Waals surface area contributed by atoms with Crippen molar-refractivity contribution in [3.8, 4) is 5.75 Å². The zero-order valence-electron chi connectivity index (χ0n) is 8.79. The first-order chi connectivity index (χ1) is 7.61. The standard InChI is InChI=1S/C11H12ClNO3/c1-2-6-3-9-8(4-7(6)12)13-5-10(16-9)11(14)15/h3-4,10,13H,2,5H2,1H3,(H,14,15). The number of fused-ring (bicyclic) bond motifs is 1. The molecular formula is C11H12ClNO3. The zero-order chi connectivity index (χ0) is 11.7. The number of aliphatic carboxylic acids is 1. The topological polar surface area (TPSA) is 58.6 Å². The number of carboxylic acids is 1. The number of ether oxygens (including phenoxy) is 1. The van der Waals surface area contributed by atoms with Crippen LogP contribution in [0.2, 0.25) is 5.02 Å². The first-order valence-electron chi connectivity index (χ1n) is 5.07. The molecule has 0 radical (unpaired) electrons. The third-order valence-electron chi connectivity index (χ3n) is 2.55. The minimum atomic E-state index is -0.967. The minimum absolute atomic E-state index is 0.254. The highest BCUT2D eigenvalue weighted by atomic mass is 35.5. The predicted molar refractivity (Wildman–Crippen MR) is 61.4 cm³/mol. The molecule has 0 saturated heterocycles. The summed E-state index contributed by atoms with van der Waals surface area (Å²) in [7, 11) is 0. The molecule has 16 heavy (non-hydrogen) atoms. The van der Waals surface area contributed by atoms with Crippen LogP contribution in [-0.2, 0) is 11.2 Å². The van der Waals surface area contributed by atoms with E-state index in [1.165, 1.54) is 0 Å². The molecule has 5 heteroatoms. The molecule has 1 heterocycles. The molecule has 1 aromatic carbocycles. The molecule has 4 nitrogen and oxygen atoms in total. The predicted octanol–water partition coefficient (Wildman–Crippen LogP) is 2.16. The molecule has 0 saturated carbocycles. The zero-order valence-corrected chi connectivity index (χ0v) is 9.54.